The summed E-state index contributed by atoms with van der Waals surface area (Å²) in [5.74, 6) is -0.377. The number of benzene rings is 1. The van der Waals surface area contributed by atoms with E-state index in [2.05, 4.69) is 14.7 Å². The predicted molar refractivity (Wildman–Crippen MR) is 66.9 cm³/mol. The summed E-state index contributed by atoms with van der Waals surface area (Å²) in [4.78, 5) is 6.21. The van der Waals surface area contributed by atoms with Gasteiger partial charge in [0.1, 0.15) is 16.5 Å². The van der Waals surface area contributed by atoms with Crippen LogP contribution in [0, 0.1) is 5.82 Å². The summed E-state index contributed by atoms with van der Waals surface area (Å²) in [6.07, 6.45) is 3.07. The molecule has 0 saturated heterocycles. The van der Waals surface area contributed by atoms with Gasteiger partial charge in [-0.15, -0.1) is 0 Å². The maximum Gasteiger partial charge on any atom is 0.243 e. The predicted octanol–water partition coefficient (Wildman–Crippen LogP) is 0.486. The van der Waals surface area contributed by atoms with E-state index in [1.165, 1.54) is 18.3 Å². The van der Waals surface area contributed by atoms with E-state index in [-0.39, 0.29) is 13.1 Å². The van der Waals surface area contributed by atoms with Gasteiger partial charge in [0.25, 0.3) is 0 Å². The quantitative estimate of drug-likeness (QED) is 0.743. The van der Waals surface area contributed by atoms with Gasteiger partial charge in [-0.3, -0.25) is 0 Å². The molecule has 1 aromatic heterocycles. The second-order valence-corrected chi connectivity index (χ2v) is 5.56. The normalized spacial score (nSPS) is 11.7. The van der Waals surface area contributed by atoms with Gasteiger partial charge in [-0.1, -0.05) is 6.07 Å². The summed E-state index contributed by atoms with van der Waals surface area (Å²) in [6, 6.07) is 3.79. The van der Waals surface area contributed by atoms with Gasteiger partial charge in [-0.05, 0) is 17.7 Å². The topological polar surface area (TPSA) is 101 Å². The zero-order valence-corrected chi connectivity index (χ0v) is 10.7. The largest absolute Gasteiger partial charge is 0.347 e. The zero-order chi connectivity index (χ0) is 13.9. The molecule has 4 N–H and O–H groups in total. The van der Waals surface area contributed by atoms with Gasteiger partial charge in [0.2, 0.25) is 10.0 Å². The first-order chi connectivity index (χ1) is 9.03. The fraction of sp³-hybridized carbons (Fsp3) is 0.182. The molecule has 0 aliphatic rings. The second kappa shape index (κ2) is 5.47. The number of nitrogens with one attached hydrogen (secondary N) is 2. The highest BCUT2D eigenvalue weighted by Gasteiger charge is 2.19. The van der Waals surface area contributed by atoms with Crippen LogP contribution in [0.2, 0.25) is 0 Å². The number of aromatic amines is 1. The molecule has 0 amide bonds. The Morgan fingerprint density at radius 3 is 2.79 bits per heavy atom. The van der Waals surface area contributed by atoms with Crippen LogP contribution in [0.5, 0.6) is 0 Å². The fourth-order valence-electron chi connectivity index (χ4n) is 1.53. The van der Waals surface area contributed by atoms with E-state index in [0.717, 1.165) is 6.07 Å². The third kappa shape index (κ3) is 3.16. The van der Waals surface area contributed by atoms with Crippen molar-refractivity contribution < 1.29 is 12.8 Å². The van der Waals surface area contributed by atoms with Gasteiger partial charge in [0.05, 0.1) is 6.54 Å². The first-order valence-corrected chi connectivity index (χ1v) is 6.97. The first-order valence-electron chi connectivity index (χ1n) is 5.49. The van der Waals surface area contributed by atoms with E-state index in [9.17, 15) is 12.8 Å². The van der Waals surface area contributed by atoms with Crippen LogP contribution in [0.3, 0.4) is 0 Å². The Hall–Kier alpha value is -1.77. The maximum atomic E-state index is 13.7. The van der Waals surface area contributed by atoms with Crippen LogP contribution in [-0.2, 0) is 23.1 Å². The lowest BCUT2D eigenvalue weighted by atomic mass is 10.2. The molecule has 1 aromatic carbocycles. The van der Waals surface area contributed by atoms with Crippen LogP contribution in [0.25, 0.3) is 0 Å². The van der Waals surface area contributed by atoms with Gasteiger partial charge in [0.15, 0.2) is 0 Å². The van der Waals surface area contributed by atoms with Crippen molar-refractivity contribution in [3.05, 3.63) is 47.8 Å². The number of nitrogens with zero attached hydrogens (tertiary/aromatic N) is 1. The number of nitrogens with two attached hydrogens (primary N) is 1. The molecular weight excluding hydrogens is 271 g/mol. The summed E-state index contributed by atoms with van der Waals surface area (Å²) in [5, 5.41) is 0. The molecular formula is C11H13FN4O2S. The SMILES string of the molecule is NCc1ccc(S(=O)(=O)NCc2ncc[nH]2)c(F)c1. The van der Waals surface area contributed by atoms with E-state index in [1.54, 1.807) is 6.20 Å². The molecule has 0 fully saturated rings. The molecule has 102 valence electrons. The first kappa shape index (κ1) is 13.7. The highest BCUT2D eigenvalue weighted by molar-refractivity contribution is 7.89. The van der Waals surface area contributed by atoms with Gasteiger partial charge in [-0.25, -0.2) is 22.5 Å². The summed E-state index contributed by atoms with van der Waals surface area (Å²) in [6.45, 7) is 0.116. The van der Waals surface area contributed by atoms with Crippen molar-refractivity contribution in [3.8, 4) is 0 Å². The minimum Gasteiger partial charge on any atom is -0.347 e. The highest BCUT2D eigenvalue weighted by Crippen LogP contribution is 2.16. The monoisotopic (exact) mass is 284 g/mol. The van der Waals surface area contributed by atoms with Crippen molar-refractivity contribution in [2.24, 2.45) is 5.73 Å². The third-order valence-corrected chi connectivity index (χ3v) is 3.94. The summed E-state index contributed by atoms with van der Waals surface area (Å²) in [7, 11) is -3.92. The average Bonchev–Trinajstić information content (AvgIpc) is 2.89. The van der Waals surface area contributed by atoms with Crippen LogP contribution >= 0.6 is 0 Å². The molecule has 0 saturated carbocycles. The van der Waals surface area contributed by atoms with E-state index < -0.39 is 20.7 Å². The molecule has 0 radical (unpaired) electrons. The van der Waals surface area contributed by atoms with Crippen LogP contribution in [0.15, 0.2) is 35.5 Å². The van der Waals surface area contributed by atoms with E-state index in [4.69, 9.17) is 5.73 Å². The molecule has 0 bridgehead atoms. The molecule has 0 spiro atoms. The van der Waals surface area contributed by atoms with E-state index in [1.807, 2.05) is 0 Å². The summed E-state index contributed by atoms with van der Waals surface area (Å²) < 4.78 is 39.8. The number of hydrogen-bond acceptors (Lipinski definition) is 4. The van der Waals surface area contributed by atoms with Crippen LogP contribution in [-0.4, -0.2) is 18.4 Å². The zero-order valence-electron chi connectivity index (χ0n) is 9.93. The van der Waals surface area contributed by atoms with Gasteiger partial charge in [-0.2, -0.15) is 0 Å². The number of rotatable bonds is 5. The number of hydrogen-bond donors (Lipinski definition) is 3. The van der Waals surface area contributed by atoms with Crippen molar-refractivity contribution in [2.45, 2.75) is 18.0 Å². The molecule has 0 atom stereocenters. The minimum absolute atomic E-state index is 0.0343. The molecule has 2 aromatic rings. The number of aromatic nitrogens is 2. The molecule has 6 nitrogen and oxygen atoms in total. The van der Waals surface area contributed by atoms with E-state index in [0.29, 0.717) is 11.4 Å². The summed E-state index contributed by atoms with van der Waals surface area (Å²) >= 11 is 0. The Labute approximate surface area is 109 Å². The van der Waals surface area contributed by atoms with Crippen LogP contribution < -0.4 is 10.5 Å². The van der Waals surface area contributed by atoms with Crippen molar-refractivity contribution >= 4 is 10.0 Å². The van der Waals surface area contributed by atoms with Gasteiger partial charge in [0, 0.05) is 18.9 Å². The second-order valence-electron chi connectivity index (χ2n) is 3.83. The van der Waals surface area contributed by atoms with Gasteiger partial charge >= 0.3 is 0 Å². The number of sulfonamides is 1. The molecule has 8 heteroatoms. The molecule has 0 aliphatic carbocycles. The minimum atomic E-state index is -3.92. The fourth-order valence-corrected chi connectivity index (χ4v) is 2.57. The standard InChI is InChI=1S/C11H13FN4O2S/c12-9-5-8(6-13)1-2-10(9)19(17,18)16-7-11-14-3-4-15-11/h1-5,16H,6-7,13H2,(H,14,15). The Morgan fingerprint density at radius 2 is 2.21 bits per heavy atom. The Balaban J connectivity index is 2.19. The smallest absolute Gasteiger partial charge is 0.243 e. The van der Waals surface area contributed by atoms with Crippen LogP contribution in [0.4, 0.5) is 4.39 Å². The Morgan fingerprint density at radius 1 is 1.42 bits per heavy atom. The van der Waals surface area contributed by atoms with Crippen LogP contribution in [0.1, 0.15) is 11.4 Å². The lowest BCUT2D eigenvalue weighted by Gasteiger charge is -2.07. The average molecular weight is 284 g/mol. The van der Waals surface area contributed by atoms with E-state index >= 15 is 0 Å². The molecule has 19 heavy (non-hydrogen) atoms. The number of imidazole rings is 1. The molecule has 2 rings (SSSR count). The van der Waals surface area contributed by atoms with Crippen molar-refractivity contribution in [2.75, 3.05) is 0 Å². The molecule has 1 heterocycles. The number of H-pyrrole nitrogens is 1. The summed E-state index contributed by atoms with van der Waals surface area (Å²) in [5.41, 5.74) is 5.89. The Bertz CT molecular complexity index is 655. The van der Waals surface area contributed by atoms with Crippen molar-refractivity contribution in [1.29, 1.82) is 0 Å². The third-order valence-electron chi connectivity index (χ3n) is 2.51. The maximum absolute atomic E-state index is 13.7. The molecule has 0 aliphatic heterocycles. The lowest BCUT2D eigenvalue weighted by molar-refractivity contribution is 0.554. The molecule has 0 unspecified atom stereocenters. The van der Waals surface area contributed by atoms with Crippen molar-refractivity contribution in [1.82, 2.24) is 14.7 Å². The Kier molecular flexibility index (Phi) is 3.93. The van der Waals surface area contributed by atoms with Crippen molar-refractivity contribution in [3.63, 3.8) is 0 Å². The van der Waals surface area contributed by atoms with Gasteiger partial charge < -0.3 is 10.7 Å². The number of halogens is 1. The highest BCUT2D eigenvalue weighted by atomic mass is 32.2. The lowest BCUT2D eigenvalue weighted by Crippen LogP contribution is -2.24.